The molecule has 1 aliphatic heterocycles. The lowest BCUT2D eigenvalue weighted by Gasteiger charge is -2.13. The summed E-state index contributed by atoms with van der Waals surface area (Å²) in [4.78, 5) is 25.1. The van der Waals surface area contributed by atoms with Crippen LogP contribution < -0.4 is 15.0 Å². The summed E-state index contributed by atoms with van der Waals surface area (Å²) in [5.41, 5.74) is 3.68. The van der Waals surface area contributed by atoms with Crippen LogP contribution in [0.3, 0.4) is 0 Å². The highest BCUT2D eigenvalue weighted by molar-refractivity contribution is 5.93. The van der Waals surface area contributed by atoms with E-state index in [0.29, 0.717) is 24.6 Å². The highest BCUT2D eigenvalue weighted by Crippen LogP contribution is 2.21. The highest BCUT2D eigenvalue weighted by atomic mass is 16.6. The van der Waals surface area contributed by atoms with Crippen LogP contribution >= 0.6 is 0 Å². The normalized spacial score (nSPS) is 13.5. The van der Waals surface area contributed by atoms with Gasteiger partial charge in [0.05, 0.1) is 6.54 Å². The molecule has 0 saturated carbocycles. The van der Waals surface area contributed by atoms with E-state index in [1.807, 2.05) is 32.0 Å². The first-order chi connectivity index (χ1) is 12.0. The van der Waals surface area contributed by atoms with Gasteiger partial charge >= 0.3 is 6.09 Å². The number of aryl methyl sites for hydroxylation is 2. The Morgan fingerprint density at radius 2 is 1.92 bits per heavy atom. The van der Waals surface area contributed by atoms with Crippen LogP contribution in [0.15, 0.2) is 42.5 Å². The summed E-state index contributed by atoms with van der Waals surface area (Å²) in [5.74, 6) is 0.424. The zero-order valence-electron chi connectivity index (χ0n) is 14.2. The van der Waals surface area contributed by atoms with E-state index in [0.717, 1.165) is 11.3 Å². The Labute approximate surface area is 146 Å². The van der Waals surface area contributed by atoms with Gasteiger partial charge in [-0.3, -0.25) is 9.69 Å². The second-order valence-corrected chi connectivity index (χ2v) is 5.90. The Morgan fingerprint density at radius 1 is 1.16 bits per heavy atom. The van der Waals surface area contributed by atoms with Gasteiger partial charge in [-0.15, -0.1) is 0 Å². The van der Waals surface area contributed by atoms with Gasteiger partial charge in [-0.25, -0.2) is 4.79 Å². The van der Waals surface area contributed by atoms with E-state index in [-0.39, 0.29) is 18.6 Å². The number of benzene rings is 2. The number of anilines is 2. The third-order valence-corrected chi connectivity index (χ3v) is 4.07. The number of hydrogen-bond acceptors (Lipinski definition) is 4. The van der Waals surface area contributed by atoms with E-state index in [9.17, 15) is 9.59 Å². The average Bonchev–Trinajstić information content (AvgIpc) is 3.03. The van der Waals surface area contributed by atoms with Gasteiger partial charge in [-0.05, 0) is 61.4 Å². The van der Waals surface area contributed by atoms with Crippen LogP contribution in [0.5, 0.6) is 5.75 Å². The van der Waals surface area contributed by atoms with Crippen molar-refractivity contribution in [1.82, 2.24) is 0 Å². The molecule has 1 fully saturated rings. The van der Waals surface area contributed by atoms with E-state index < -0.39 is 0 Å². The molecule has 0 aliphatic carbocycles. The SMILES string of the molecule is Cc1ccc(OCC(=O)Nc2ccc(N3CCOC3=O)cc2)cc1C. The molecule has 3 rings (SSSR count). The molecular weight excluding hydrogens is 320 g/mol. The minimum Gasteiger partial charge on any atom is -0.484 e. The van der Waals surface area contributed by atoms with Crippen molar-refractivity contribution in [2.45, 2.75) is 13.8 Å². The minimum absolute atomic E-state index is 0.0668. The second kappa shape index (κ2) is 7.25. The molecule has 1 N–H and O–H groups in total. The molecule has 25 heavy (non-hydrogen) atoms. The quantitative estimate of drug-likeness (QED) is 0.907. The number of nitrogens with one attached hydrogen (secondary N) is 1. The Balaban J connectivity index is 1.54. The molecule has 6 heteroatoms. The van der Waals surface area contributed by atoms with Gasteiger partial charge < -0.3 is 14.8 Å². The van der Waals surface area contributed by atoms with Crippen molar-refractivity contribution >= 4 is 23.4 Å². The Bertz CT molecular complexity index is 787. The van der Waals surface area contributed by atoms with Crippen LogP contribution in [0, 0.1) is 13.8 Å². The van der Waals surface area contributed by atoms with Crippen LogP contribution in [0.25, 0.3) is 0 Å². The first-order valence-corrected chi connectivity index (χ1v) is 8.07. The first-order valence-electron chi connectivity index (χ1n) is 8.07. The van der Waals surface area contributed by atoms with Crippen molar-refractivity contribution < 1.29 is 19.1 Å². The van der Waals surface area contributed by atoms with E-state index in [4.69, 9.17) is 9.47 Å². The number of carbonyl (C=O) groups excluding carboxylic acids is 2. The molecular formula is C19H20N2O4. The Hall–Kier alpha value is -3.02. The van der Waals surface area contributed by atoms with Crippen molar-refractivity contribution in [2.24, 2.45) is 0 Å². The third kappa shape index (κ3) is 4.09. The van der Waals surface area contributed by atoms with Gasteiger partial charge in [0.25, 0.3) is 5.91 Å². The fraction of sp³-hybridized carbons (Fsp3) is 0.263. The largest absolute Gasteiger partial charge is 0.484 e. The van der Waals surface area contributed by atoms with Crippen molar-refractivity contribution in [3.8, 4) is 5.75 Å². The number of ether oxygens (including phenoxy) is 2. The molecule has 0 unspecified atom stereocenters. The average molecular weight is 340 g/mol. The summed E-state index contributed by atoms with van der Waals surface area (Å²) < 4.78 is 10.4. The summed E-state index contributed by atoms with van der Waals surface area (Å²) in [6, 6.07) is 12.7. The molecule has 2 aromatic rings. The molecule has 0 radical (unpaired) electrons. The standard InChI is InChI=1S/C19H20N2O4/c1-13-3-8-17(11-14(13)2)25-12-18(22)20-15-4-6-16(7-5-15)21-9-10-24-19(21)23/h3-8,11H,9-10,12H2,1-2H3,(H,20,22). The van der Waals surface area contributed by atoms with Crippen LogP contribution in [-0.2, 0) is 9.53 Å². The summed E-state index contributed by atoms with van der Waals surface area (Å²) >= 11 is 0. The van der Waals surface area contributed by atoms with Crippen molar-refractivity contribution in [3.05, 3.63) is 53.6 Å². The fourth-order valence-corrected chi connectivity index (χ4v) is 2.50. The third-order valence-electron chi connectivity index (χ3n) is 4.07. The molecule has 0 bridgehead atoms. The van der Waals surface area contributed by atoms with Gasteiger partial charge in [0, 0.05) is 11.4 Å². The zero-order chi connectivity index (χ0) is 17.8. The first kappa shape index (κ1) is 16.8. The molecule has 1 aliphatic rings. The maximum atomic E-state index is 12.0. The van der Waals surface area contributed by atoms with E-state index in [2.05, 4.69) is 5.32 Å². The van der Waals surface area contributed by atoms with E-state index >= 15 is 0 Å². The van der Waals surface area contributed by atoms with Crippen LogP contribution in [-0.4, -0.2) is 31.8 Å². The highest BCUT2D eigenvalue weighted by Gasteiger charge is 2.23. The summed E-state index contributed by atoms with van der Waals surface area (Å²) in [7, 11) is 0. The Kier molecular flexibility index (Phi) is 4.88. The fourth-order valence-electron chi connectivity index (χ4n) is 2.50. The lowest BCUT2D eigenvalue weighted by atomic mass is 10.1. The molecule has 130 valence electrons. The van der Waals surface area contributed by atoms with Crippen molar-refractivity contribution in [2.75, 3.05) is 30.0 Å². The summed E-state index contributed by atoms with van der Waals surface area (Å²) in [6.07, 6.45) is -0.349. The maximum absolute atomic E-state index is 12.0. The Morgan fingerprint density at radius 3 is 2.56 bits per heavy atom. The van der Waals surface area contributed by atoms with Gasteiger partial charge in [0.15, 0.2) is 6.61 Å². The van der Waals surface area contributed by atoms with Gasteiger partial charge in [0.1, 0.15) is 12.4 Å². The molecule has 0 aromatic heterocycles. The molecule has 1 saturated heterocycles. The molecule has 1 heterocycles. The molecule has 2 aromatic carbocycles. The van der Waals surface area contributed by atoms with Gasteiger partial charge in [0.2, 0.25) is 0 Å². The van der Waals surface area contributed by atoms with Crippen molar-refractivity contribution in [1.29, 1.82) is 0 Å². The minimum atomic E-state index is -0.349. The summed E-state index contributed by atoms with van der Waals surface area (Å²) in [5, 5.41) is 2.77. The van der Waals surface area contributed by atoms with Crippen molar-refractivity contribution in [3.63, 3.8) is 0 Å². The smallest absolute Gasteiger partial charge is 0.414 e. The van der Waals surface area contributed by atoms with E-state index in [1.54, 1.807) is 29.2 Å². The molecule has 0 atom stereocenters. The molecule has 0 spiro atoms. The number of carbonyl (C=O) groups is 2. The molecule has 2 amide bonds. The number of nitrogens with zero attached hydrogens (tertiary/aromatic N) is 1. The van der Waals surface area contributed by atoms with E-state index in [1.165, 1.54) is 5.56 Å². The predicted octanol–water partition coefficient (Wildman–Crippen LogP) is 3.28. The topological polar surface area (TPSA) is 67.9 Å². The number of amides is 2. The maximum Gasteiger partial charge on any atom is 0.414 e. The van der Waals surface area contributed by atoms with Crippen LogP contribution in [0.2, 0.25) is 0 Å². The zero-order valence-corrected chi connectivity index (χ0v) is 14.2. The van der Waals surface area contributed by atoms with Gasteiger partial charge in [-0.2, -0.15) is 0 Å². The number of cyclic esters (lactones) is 1. The second-order valence-electron chi connectivity index (χ2n) is 5.90. The number of hydrogen-bond donors (Lipinski definition) is 1. The predicted molar refractivity (Wildman–Crippen MR) is 95.2 cm³/mol. The monoisotopic (exact) mass is 340 g/mol. The summed E-state index contributed by atoms with van der Waals surface area (Å²) in [6.45, 7) is 4.89. The molecule has 6 nitrogen and oxygen atoms in total. The van der Waals surface area contributed by atoms with Gasteiger partial charge in [-0.1, -0.05) is 6.07 Å². The van der Waals surface area contributed by atoms with Crippen LogP contribution in [0.1, 0.15) is 11.1 Å². The number of rotatable bonds is 5. The lowest BCUT2D eigenvalue weighted by Crippen LogP contribution is -2.23. The van der Waals surface area contributed by atoms with Crippen LogP contribution in [0.4, 0.5) is 16.2 Å². The lowest BCUT2D eigenvalue weighted by molar-refractivity contribution is -0.118.